The second kappa shape index (κ2) is 4.99. The molecule has 0 aromatic heterocycles. The summed E-state index contributed by atoms with van der Waals surface area (Å²) >= 11 is 0. The van der Waals surface area contributed by atoms with Crippen LogP contribution in [0.15, 0.2) is 12.1 Å². The number of methoxy groups -OCH3 is 1. The Morgan fingerprint density at radius 2 is 2.12 bits per heavy atom. The molecule has 0 aliphatic heterocycles. The molecule has 0 bridgehead atoms. The molecule has 1 aromatic rings. The van der Waals surface area contributed by atoms with Gasteiger partial charge in [-0.25, -0.2) is 0 Å². The van der Waals surface area contributed by atoms with Crippen LogP contribution in [0.25, 0.3) is 0 Å². The molecule has 1 rings (SSSR count). The summed E-state index contributed by atoms with van der Waals surface area (Å²) in [6, 6.07) is 3.66. The minimum Gasteiger partial charge on any atom is -0.496 e. The van der Waals surface area contributed by atoms with Gasteiger partial charge in [-0.15, -0.1) is 0 Å². The van der Waals surface area contributed by atoms with E-state index in [9.17, 15) is 4.79 Å². The van der Waals surface area contributed by atoms with E-state index in [0.717, 1.165) is 22.4 Å². The Balaban J connectivity index is 3.29. The summed E-state index contributed by atoms with van der Waals surface area (Å²) in [7, 11) is 1.58. The van der Waals surface area contributed by atoms with Crippen LogP contribution < -0.4 is 10.5 Å². The van der Waals surface area contributed by atoms with Crippen LogP contribution in [-0.2, 0) is 4.79 Å². The standard InChI is InChI=1S/C12H17NO3/c1-7-4-5-9(8(2)11(7)16-3)10(6-13)12(14)15/h4-5,10H,6,13H2,1-3H3,(H,14,15). The summed E-state index contributed by atoms with van der Waals surface area (Å²) in [5.41, 5.74) is 8.04. The van der Waals surface area contributed by atoms with Crippen LogP contribution in [0.4, 0.5) is 0 Å². The van der Waals surface area contributed by atoms with Crippen LogP contribution in [0, 0.1) is 13.8 Å². The fourth-order valence-electron chi connectivity index (χ4n) is 1.89. The van der Waals surface area contributed by atoms with Gasteiger partial charge in [-0.05, 0) is 30.5 Å². The smallest absolute Gasteiger partial charge is 0.312 e. The van der Waals surface area contributed by atoms with E-state index in [4.69, 9.17) is 15.6 Å². The number of hydrogen-bond donors (Lipinski definition) is 2. The highest BCUT2D eigenvalue weighted by Gasteiger charge is 2.21. The zero-order valence-corrected chi connectivity index (χ0v) is 9.78. The van der Waals surface area contributed by atoms with Gasteiger partial charge in [0, 0.05) is 6.54 Å². The molecule has 0 heterocycles. The SMILES string of the molecule is COc1c(C)ccc(C(CN)C(=O)O)c1C. The van der Waals surface area contributed by atoms with Crippen molar-refractivity contribution in [3.63, 3.8) is 0 Å². The molecule has 3 N–H and O–H groups in total. The topological polar surface area (TPSA) is 72.5 Å². The van der Waals surface area contributed by atoms with Crippen molar-refractivity contribution < 1.29 is 14.6 Å². The molecule has 0 saturated carbocycles. The van der Waals surface area contributed by atoms with Crippen LogP contribution in [0.2, 0.25) is 0 Å². The highest BCUT2D eigenvalue weighted by atomic mass is 16.5. The van der Waals surface area contributed by atoms with Crippen LogP contribution in [0.5, 0.6) is 5.75 Å². The molecule has 0 saturated heterocycles. The maximum absolute atomic E-state index is 11.0. The average molecular weight is 223 g/mol. The van der Waals surface area contributed by atoms with Crippen molar-refractivity contribution in [3.05, 3.63) is 28.8 Å². The van der Waals surface area contributed by atoms with Gasteiger partial charge in [-0.1, -0.05) is 12.1 Å². The average Bonchev–Trinajstić information content (AvgIpc) is 2.22. The van der Waals surface area contributed by atoms with Gasteiger partial charge in [-0.2, -0.15) is 0 Å². The van der Waals surface area contributed by atoms with Crippen LogP contribution in [0.3, 0.4) is 0 Å². The molecule has 1 atom stereocenters. The first-order chi connectivity index (χ1) is 7.52. The van der Waals surface area contributed by atoms with Crippen molar-refractivity contribution in [3.8, 4) is 5.75 Å². The van der Waals surface area contributed by atoms with E-state index in [1.54, 1.807) is 13.2 Å². The normalized spacial score (nSPS) is 12.2. The number of benzene rings is 1. The first-order valence-corrected chi connectivity index (χ1v) is 5.09. The number of aryl methyl sites for hydroxylation is 1. The number of carboxylic acids is 1. The van der Waals surface area contributed by atoms with Gasteiger partial charge in [0.2, 0.25) is 0 Å². The van der Waals surface area contributed by atoms with Gasteiger partial charge >= 0.3 is 5.97 Å². The Bertz CT molecular complexity index is 401. The van der Waals surface area contributed by atoms with Crippen LogP contribution >= 0.6 is 0 Å². The number of aliphatic carboxylic acids is 1. The molecule has 0 aliphatic rings. The maximum Gasteiger partial charge on any atom is 0.312 e. The van der Waals surface area contributed by atoms with Gasteiger partial charge in [0.05, 0.1) is 13.0 Å². The molecule has 0 amide bonds. The summed E-state index contributed by atoms with van der Waals surface area (Å²) < 4.78 is 5.26. The summed E-state index contributed by atoms with van der Waals surface area (Å²) in [4.78, 5) is 11.0. The van der Waals surface area contributed by atoms with Gasteiger partial charge in [-0.3, -0.25) is 4.79 Å². The van der Waals surface area contributed by atoms with E-state index in [0.29, 0.717) is 0 Å². The number of carbonyl (C=O) groups is 1. The van der Waals surface area contributed by atoms with Gasteiger partial charge < -0.3 is 15.6 Å². The predicted octanol–water partition coefficient (Wildman–Crippen LogP) is 1.44. The Hall–Kier alpha value is -1.55. The Labute approximate surface area is 95.0 Å². The highest BCUT2D eigenvalue weighted by molar-refractivity contribution is 5.77. The number of rotatable bonds is 4. The molecular formula is C12H17NO3. The van der Waals surface area contributed by atoms with E-state index >= 15 is 0 Å². The molecule has 4 nitrogen and oxygen atoms in total. The van der Waals surface area contributed by atoms with E-state index < -0.39 is 11.9 Å². The summed E-state index contributed by atoms with van der Waals surface area (Å²) in [5.74, 6) is -0.844. The molecule has 1 unspecified atom stereocenters. The predicted molar refractivity (Wildman–Crippen MR) is 61.9 cm³/mol. The molecule has 0 aliphatic carbocycles. The van der Waals surface area contributed by atoms with Gasteiger partial charge in [0.25, 0.3) is 0 Å². The Morgan fingerprint density at radius 3 is 2.56 bits per heavy atom. The van der Waals surface area contributed by atoms with Crippen molar-refractivity contribution in [2.75, 3.05) is 13.7 Å². The molecule has 4 heteroatoms. The lowest BCUT2D eigenvalue weighted by atomic mass is 9.93. The van der Waals surface area contributed by atoms with Crippen molar-refractivity contribution in [2.45, 2.75) is 19.8 Å². The second-order valence-corrected chi connectivity index (χ2v) is 3.76. The molecule has 0 spiro atoms. The van der Waals surface area contributed by atoms with Gasteiger partial charge in [0.15, 0.2) is 0 Å². The van der Waals surface area contributed by atoms with E-state index in [-0.39, 0.29) is 6.54 Å². The third kappa shape index (κ3) is 2.17. The largest absolute Gasteiger partial charge is 0.496 e. The third-order valence-corrected chi connectivity index (χ3v) is 2.76. The molecular weight excluding hydrogens is 206 g/mol. The summed E-state index contributed by atoms with van der Waals surface area (Å²) in [5, 5.41) is 9.06. The van der Waals surface area contributed by atoms with E-state index in [2.05, 4.69) is 0 Å². The number of ether oxygens (including phenoxy) is 1. The van der Waals surface area contributed by atoms with Gasteiger partial charge in [0.1, 0.15) is 5.75 Å². The van der Waals surface area contributed by atoms with Crippen molar-refractivity contribution >= 4 is 5.97 Å². The zero-order valence-electron chi connectivity index (χ0n) is 9.78. The first-order valence-electron chi connectivity index (χ1n) is 5.09. The fourth-order valence-corrected chi connectivity index (χ4v) is 1.89. The lowest BCUT2D eigenvalue weighted by molar-refractivity contribution is -0.138. The number of nitrogens with two attached hydrogens (primary N) is 1. The zero-order chi connectivity index (χ0) is 12.3. The summed E-state index contributed by atoms with van der Waals surface area (Å²) in [6.07, 6.45) is 0. The summed E-state index contributed by atoms with van der Waals surface area (Å²) in [6.45, 7) is 3.86. The molecule has 88 valence electrons. The fraction of sp³-hybridized carbons (Fsp3) is 0.417. The minimum atomic E-state index is -0.906. The van der Waals surface area contributed by atoms with Crippen LogP contribution in [-0.4, -0.2) is 24.7 Å². The van der Waals surface area contributed by atoms with E-state index in [1.165, 1.54) is 0 Å². The van der Waals surface area contributed by atoms with E-state index in [1.807, 2.05) is 19.9 Å². The van der Waals surface area contributed by atoms with Crippen molar-refractivity contribution in [1.29, 1.82) is 0 Å². The van der Waals surface area contributed by atoms with Crippen molar-refractivity contribution in [2.24, 2.45) is 5.73 Å². The Morgan fingerprint density at radius 1 is 1.50 bits per heavy atom. The van der Waals surface area contributed by atoms with Crippen molar-refractivity contribution in [1.82, 2.24) is 0 Å². The molecule has 1 aromatic carbocycles. The monoisotopic (exact) mass is 223 g/mol. The minimum absolute atomic E-state index is 0.0857. The lowest BCUT2D eigenvalue weighted by Gasteiger charge is -2.17. The number of carboxylic acid groups (broad SMARTS) is 1. The molecule has 0 radical (unpaired) electrons. The highest BCUT2D eigenvalue weighted by Crippen LogP contribution is 2.30. The first kappa shape index (κ1) is 12.5. The van der Waals surface area contributed by atoms with Crippen LogP contribution in [0.1, 0.15) is 22.6 Å². The second-order valence-electron chi connectivity index (χ2n) is 3.76. The third-order valence-electron chi connectivity index (χ3n) is 2.76. The molecule has 0 fully saturated rings. The number of hydrogen-bond acceptors (Lipinski definition) is 3. The Kier molecular flexibility index (Phi) is 3.90. The lowest BCUT2D eigenvalue weighted by Crippen LogP contribution is -2.22. The molecule has 16 heavy (non-hydrogen) atoms. The maximum atomic E-state index is 11.0. The quantitative estimate of drug-likeness (QED) is 0.810.